The summed E-state index contributed by atoms with van der Waals surface area (Å²) >= 11 is 5.99. The Bertz CT molecular complexity index is 1030. The van der Waals surface area contributed by atoms with Crippen LogP contribution in [0, 0.1) is 0 Å². The number of hydrogen-bond acceptors (Lipinski definition) is 5. The van der Waals surface area contributed by atoms with Crippen molar-refractivity contribution < 1.29 is 14.3 Å². The van der Waals surface area contributed by atoms with Gasteiger partial charge < -0.3 is 15.4 Å². The van der Waals surface area contributed by atoms with Crippen LogP contribution in [0.5, 0.6) is 5.75 Å². The SMILES string of the molecule is COc1ccc(Cl)cc1NC(=O)[C@@H]1CC(=O)n2c(nc3ccccc32)N1. The molecule has 0 spiro atoms. The average molecular weight is 371 g/mol. The van der Waals surface area contributed by atoms with Gasteiger partial charge in [-0.3, -0.25) is 9.59 Å². The summed E-state index contributed by atoms with van der Waals surface area (Å²) < 4.78 is 6.73. The number of carbonyl (C=O) groups is 2. The third-order valence-corrected chi connectivity index (χ3v) is 4.46. The number of aromatic nitrogens is 2. The second-order valence-electron chi connectivity index (χ2n) is 5.89. The van der Waals surface area contributed by atoms with Gasteiger partial charge in [-0.05, 0) is 30.3 Å². The van der Waals surface area contributed by atoms with E-state index in [2.05, 4.69) is 15.6 Å². The van der Waals surface area contributed by atoms with Crippen LogP contribution >= 0.6 is 11.6 Å². The molecule has 0 fully saturated rings. The number of methoxy groups -OCH3 is 1. The fourth-order valence-electron chi connectivity index (χ4n) is 3.00. The maximum absolute atomic E-state index is 12.7. The smallest absolute Gasteiger partial charge is 0.247 e. The van der Waals surface area contributed by atoms with E-state index in [1.165, 1.54) is 11.7 Å². The average Bonchev–Trinajstić information content (AvgIpc) is 3.00. The predicted molar refractivity (Wildman–Crippen MR) is 99.0 cm³/mol. The maximum Gasteiger partial charge on any atom is 0.247 e. The van der Waals surface area contributed by atoms with Crippen LogP contribution in [0.1, 0.15) is 11.2 Å². The molecule has 1 aromatic heterocycles. The monoisotopic (exact) mass is 370 g/mol. The number of benzene rings is 2. The second kappa shape index (κ2) is 6.34. The third kappa shape index (κ3) is 2.76. The van der Waals surface area contributed by atoms with Crippen molar-refractivity contribution in [2.24, 2.45) is 0 Å². The minimum Gasteiger partial charge on any atom is -0.495 e. The van der Waals surface area contributed by atoms with Crippen molar-refractivity contribution in [3.05, 3.63) is 47.5 Å². The molecule has 26 heavy (non-hydrogen) atoms. The fourth-order valence-corrected chi connectivity index (χ4v) is 3.18. The minimum absolute atomic E-state index is 0.0159. The van der Waals surface area contributed by atoms with Crippen molar-refractivity contribution in [3.8, 4) is 5.75 Å². The Labute approximate surface area is 153 Å². The molecule has 1 aliphatic rings. The lowest BCUT2D eigenvalue weighted by atomic mass is 10.1. The van der Waals surface area contributed by atoms with Crippen LogP contribution in [-0.4, -0.2) is 34.5 Å². The number of para-hydroxylation sites is 2. The Hall–Kier alpha value is -3.06. The molecule has 0 bridgehead atoms. The van der Waals surface area contributed by atoms with Crippen LogP contribution < -0.4 is 15.4 Å². The molecular formula is C18H15ClN4O3. The van der Waals surface area contributed by atoms with Gasteiger partial charge in [0.25, 0.3) is 0 Å². The summed E-state index contributed by atoms with van der Waals surface area (Å²) in [7, 11) is 1.50. The molecule has 1 amide bonds. The Morgan fingerprint density at radius 3 is 2.96 bits per heavy atom. The summed E-state index contributed by atoms with van der Waals surface area (Å²) in [6, 6.07) is 11.5. The molecule has 3 aromatic rings. The molecule has 0 aliphatic carbocycles. The topological polar surface area (TPSA) is 85.2 Å². The predicted octanol–water partition coefficient (Wildman–Crippen LogP) is 3.16. The molecule has 1 atom stereocenters. The molecule has 0 saturated carbocycles. The van der Waals surface area contributed by atoms with Gasteiger partial charge in [0.1, 0.15) is 11.8 Å². The van der Waals surface area contributed by atoms with Gasteiger partial charge >= 0.3 is 0 Å². The Kier molecular flexibility index (Phi) is 4.00. The Balaban J connectivity index is 1.61. The molecule has 0 radical (unpaired) electrons. The van der Waals surface area contributed by atoms with E-state index in [9.17, 15) is 9.59 Å². The van der Waals surface area contributed by atoms with E-state index in [4.69, 9.17) is 16.3 Å². The number of hydrogen-bond donors (Lipinski definition) is 2. The summed E-state index contributed by atoms with van der Waals surface area (Å²) in [6.45, 7) is 0. The molecule has 0 saturated heterocycles. The zero-order chi connectivity index (χ0) is 18.3. The number of anilines is 2. The van der Waals surface area contributed by atoms with Gasteiger partial charge in [-0.1, -0.05) is 23.7 Å². The Morgan fingerprint density at radius 1 is 1.35 bits per heavy atom. The van der Waals surface area contributed by atoms with Crippen LogP contribution in [0.15, 0.2) is 42.5 Å². The van der Waals surface area contributed by atoms with Crippen LogP contribution in [-0.2, 0) is 4.79 Å². The summed E-state index contributed by atoms with van der Waals surface area (Å²) in [6.07, 6.45) is 0.0159. The van der Waals surface area contributed by atoms with Gasteiger partial charge in [-0.25, -0.2) is 9.55 Å². The molecule has 8 heteroatoms. The van der Waals surface area contributed by atoms with Crippen molar-refractivity contribution in [2.75, 3.05) is 17.7 Å². The minimum atomic E-state index is -0.740. The van der Waals surface area contributed by atoms with E-state index in [0.29, 0.717) is 27.9 Å². The quantitative estimate of drug-likeness (QED) is 0.739. The van der Waals surface area contributed by atoms with Crippen LogP contribution in [0.4, 0.5) is 11.6 Å². The lowest BCUT2D eigenvalue weighted by Crippen LogP contribution is -2.42. The van der Waals surface area contributed by atoms with Crippen molar-refractivity contribution in [1.82, 2.24) is 9.55 Å². The van der Waals surface area contributed by atoms with E-state index in [1.807, 2.05) is 24.3 Å². The first-order chi connectivity index (χ1) is 12.6. The zero-order valence-corrected chi connectivity index (χ0v) is 14.6. The molecule has 7 nitrogen and oxygen atoms in total. The number of amides is 1. The van der Waals surface area contributed by atoms with Gasteiger partial charge in [0, 0.05) is 5.02 Å². The lowest BCUT2D eigenvalue weighted by Gasteiger charge is -2.24. The van der Waals surface area contributed by atoms with E-state index < -0.39 is 6.04 Å². The van der Waals surface area contributed by atoms with Crippen LogP contribution in [0.3, 0.4) is 0 Å². The highest BCUT2D eigenvalue weighted by molar-refractivity contribution is 6.31. The van der Waals surface area contributed by atoms with Crippen LogP contribution in [0.2, 0.25) is 5.02 Å². The van der Waals surface area contributed by atoms with Crippen molar-refractivity contribution >= 4 is 46.1 Å². The zero-order valence-electron chi connectivity index (χ0n) is 13.8. The first-order valence-corrected chi connectivity index (χ1v) is 8.36. The largest absolute Gasteiger partial charge is 0.495 e. The molecule has 2 heterocycles. The number of fused-ring (bicyclic) bond motifs is 3. The first kappa shape index (κ1) is 16.4. The fraction of sp³-hybridized carbons (Fsp3) is 0.167. The molecule has 4 rings (SSSR count). The molecule has 2 aromatic carbocycles. The second-order valence-corrected chi connectivity index (χ2v) is 6.32. The Morgan fingerprint density at radius 2 is 2.15 bits per heavy atom. The van der Waals surface area contributed by atoms with Crippen molar-refractivity contribution in [2.45, 2.75) is 12.5 Å². The standard InChI is InChI=1S/C18H15ClN4O3/c1-26-15-7-6-10(19)8-12(15)20-17(25)13-9-16(24)23-14-5-3-2-4-11(14)21-18(23)22-13/h2-8,13H,9H2,1H3,(H,20,25)(H,21,22)/t13-/m0/s1. The summed E-state index contributed by atoms with van der Waals surface area (Å²) in [5, 5.41) is 6.26. The van der Waals surface area contributed by atoms with E-state index in [1.54, 1.807) is 18.2 Å². The number of rotatable bonds is 3. The van der Waals surface area contributed by atoms with Gasteiger partial charge in [-0.2, -0.15) is 0 Å². The van der Waals surface area contributed by atoms with E-state index in [0.717, 1.165) is 5.52 Å². The van der Waals surface area contributed by atoms with Gasteiger partial charge in [0.05, 0.1) is 30.3 Å². The number of imidazole rings is 1. The van der Waals surface area contributed by atoms with Gasteiger partial charge in [0.2, 0.25) is 17.8 Å². The number of carbonyl (C=O) groups excluding carboxylic acids is 2. The van der Waals surface area contributed by atoms with E-state index in [-0.39, 0.29) is 18.2 Å². The number of halogens is 1. The number of ether oxygens (including phenoxy) is 1. The van der Waals surface area contributed by atoms with Gasteiger partial charge in [-0.15, -0.1) is 0 Å². The van der Waals surface area contributed by atoms with Crippen LogP contribution in [0.25, 0.3) is 11.0 Å². The maximum atomic E-state index is 12.7. The summed E-state index contributed by atoms with van der Waals surface area (Å²) in [5.41, 5.74) is 1.86. The third-order valence-electron chi connectivity index (χ3n) is 4.23. The summed E-state index contributed by atoms with van der Waals surface area (Å²) in [5.74, 6) is 0.292. The number of nitrogens with zero attached hydrogens (tertiary/aromatic N) is 2. The summed E-state index contributed by atoms with van der Waals surface area (Å²) in [4.78, 5) is 29.6. The first-order valence-electron chi connectivity index (χ1n) is 7.98. The number of nitrogens with one attached hydrogen (secondary N) is 2. The van der Waals surface area contributed by atoms with Gasteiger partial charge in [0.15, 0.2) is 0 Å². The molecule has 2 N–H and O–H groups in total. The normalized spacial score (nSPS) is 16.1. The van der Waals surface area contributed by atoms with Crippen molar-refractivity contribution in [1.29, 1.82) is 0 Å². The molecule has 1 aliphatic heterocycles. The highest BCUT2D eigenvalue weighted by Crippen LogP contribution is 2.29. The highest BCUT2D eigenvalue weighted by Gasteiger charge is 2.32. The van der Waals surface area contributed by atoms with E-state index >= 15 is 0 Å². The van der Waals surface area contributed by atoms with Crippen molar-refractivity contribution in [3.63, 3.8) is 0 Å². The highest BCUT2D eigenvalue weighted by atomic mass is 35.5. The lowest BCUT2D eigenvalue weighted by molar-refractivity contribution is -0.117. The molecule has 132 valence electrons. The molecular weight excluding hydrogens is 356 g/mol. The molecule has 0 unspecified atom stereocenters.